The smallest absolute Gasteiger partial charge is 0.338 e. The molecule has 6 rings (SSSR count). The lowest BCUT2D eigenvalue weighted by molar-refractivity contribution is -0.139. The molecule has 0 N–H and O–H groups in total. The van der Waals surface area contributed by atoms with Gasteiger partial charge in [0.2, 0.25) is 0 Å². The van der Waals surface area contributed by atoms with Crippen LogP contribution in [0.5, 0.6) is 11.5 Å². The van der Waals surface area contributed by atoms with E-state index in [1.807, 2.05) is 85.5 Å². The van der Waals surface area contributed by atoms with Gasteiger partial charge in [0, 0.05) is 18.7 Å². The SMILES string of the molecule is CCOC(=O)C1=C(c2ccccc2)N=c2s/c(=C\c3ccc(OCC(=O)N4CCCC4)cc3)c(=O)n2[C@@H]1c1ccc(OC(C)C)cc1. The number of nitrogens with zero attached hydrogens (tertiary/aromatic N) is 3. The Kier molecular flexibility index (Phi) is 9.68. The Morgan fingerprint density at radius 1 is 0.957 bits per heavy atom. The number of carbonyl (C=O) groups is 2. The van der Waals surface area contributed by atoms with Crippen LogP contribution in [0.2, 0.25) is 0 Å². The zero-order chi connectivity index (χ0) is 32.9. The first-order valence-electron chi connectivity index (χ1n) is 15.9. The maximum Gasteiger partial charge on any atom is 0.338 e. The van der Waals surface area contributed by atoms with Gasteiger partial charge in [0.15, 0.2) is 11.4 Å². The Balaban J connectivity index is 1.41. The van der Waals surface area contributed by atoms with Crippen LogP contribution in [0.4, 0.5) is 0 Å². The topological polar surface area (TPSA) is 99.4 Å². The second-order valence-corrected chi connectivity index (χ2v) is 12.6. The van der Waals surface area contributed by atoms with E-state index in [1.165, 1.54) is 11.3 Å². The summed E-state index contributed by atoms with van der Waals surface area (Å²) in [5.41, 5.74) is 2.75. The third-order valence-corrected chi connectivity index (χ3v) is 8.92. The van der Waals surface area contributed by atoms with Gasteiger partial charge in [-0.25, -0.2) is 9.79 Å². The van der Waals surface area contributed by atoms with E-state index in [9.17, 15) is 14.4 Å². The molecular weight excluding hydrogens is 614 g/mol. The van der Waals surface area contributed by atoms with Crippen LogP contribution in [-0.2, 0) is 14.3 Å². The molecule has 1 saturated heterocycles. The number of esters is 1. The highest BCUT2D eigenvalue weighted by Crippen LogP contribution is 2.35. The predicted octanol–water partition coefficient (Wildman–Crippen LogP) is 4.72. The lowest BCUT2D eigenvalue weighted by Crippen LogP contribution is -2.40. The zero-order valence-corrected chi connectivity index (χ0v) is 27.5. The van der Waals surface area contributed by atoms with E-state index in [-0.39, 0.29) is 30.8 Å². The quantitative estimate of drug-likeness (QED) is 0.230. The predicted molar refractivity (Wildman–Crippen MR) is 181 cm³/mol. The Labute approximate surface area is 277 Å². The van der Waals surface area contributed by atoms with Crippen molar-refractivity contribution in [1.82, 2.24) is 9.47 Å². The first kappa shape index (κ1) is 32.0. The van der Waals surface area contributed by atoms with Crippen molar-refractivity contribution in [3.63, 3.8) is 0 Å². The molecule has 0 radical (unpaired) electrons. The molecule has 3 heterocycles. The standard InChI is InChI=1S/C37H37N3O6S/c1-4-44-36(43)32-33(26-10-6-5-7-11-26)38-37-40(34(32)27-14-18-29(19-15-27)46-24(2)3)35(42)30(47-37)22-25-12-16-28(17-13-25)45-23-31(41)39-20-8-9-21-39/h5-7,10-19,22,24,34H,4,8-9,20-21,23H2,1-3H3/b30-22-/t34-/m1/s1. The highest BCUT2D eigenvalue weighted by molar-refractivity contribution is 7.07. The molecule has 2 aliphatic heterocycles. The van der Waals surface area contributed by atoms with Gasteiger partial charge in [-0.05, 0) is 75.1 Å². The Hall–Kier alpha value is -4.96. The van der Waals surface area contributed by atoms with Gasteiger partial charge < -0.3 is 19.1 Å². The van der Waals surface area contributed by atoms with Gasteiger partial charge in [-0.15, -0.1) is 0 Å². The minimum Gasteiger partial charge on any atom is -0.491 e. The maximum atomic E-state index is 14.2. The molecule has 47 heavy (non-hydrogen) atoms. The highest BCUT2D eigenvalue weighted by Gasteiger charge is 2.35. The number of amides is 1. The summed E-state index contributed by atoms with van der Waals surface area (Å²) < 4.78 is 19.2. The number of hydrogen-bond donors (Lipinski definition) is 0. The van der Waals surface area contributed by atoms with Crippen molar-refractivity contribution in [2.75, 3.05) is 26.3 Å². The van der Waals surface area contributed by atoms with Crippen molar-refractivity contribution in [3.8, 4) is 11.5 Å². The number of likely N-dealkylation sites (tertiary alicyclic amines) is 1. The number of rotatable bonds is 10. The lowest BCUT2D eigenvalue weighted by atomic mass is 9.93. The molecule has 1 aromatic heterocycles. The monoisotopic (exact) mass is 651 g/mol. The minimum atomic E-state index is -0.778. The average molecular weight is 652 g/mol. The van der Waals surface area contributed by atoms with E-state index in [2.05, 4.69) is 0 Å². The summed E-state index contributed by atoms with van der Waals surface area (Å²) in [6, 6.07) is 23.4. The van der Waals surface area contributed by atoms with Crippen LogP contribution in [0.3, 0.4) is 0 Å². The van der Waals surface area contributed by atoms with Crippen molar-refractivity contribution >= 4 is 35.0 Å². The van der Waals surface area contributed by atoms with Crippen molar-refractivity contribution in [2.45, 2.75) is 45.8 Å². The molecule has 0 saturated carbocycles. The van der Waals surface area contributed by atoms with E-state index in [1.54, 1.807) is 29.7 Å². The molecule has 242 valence electrons. The number of ether oxygens (including phenoxy) is 3. The van der Waals surface area contributed by atoms with Crippen LogP contribution >= 0.6 is 11.3 Å². The van der Waals surface area contributed by atoms with Gasteiger partial charge >= 0.3 is 5.97 Å². The molecule has 1 fully saturated rings. The number of carbonyl (C=O) groups excluding carboxylic acids is 2. The second-order valence-electron chi connectivity index (χ2n) is 11.6. The van der Waals surface area contributed by atoms with Gasteiger partial charge in [0.25, 0.3) is 11.5 Å². The second kappa shape index (κ2) is 14.2. The molecule has 0 unspecified atom stereocenters. The lowest BCUT2D eigenvalue weighted by Gasteiger charge is -2.26. The van der Waals surface area contributed by atoms with Crippen molar-refractivity contribution in [3.05, 3.63) is 121 Å². The van der Waals surface area contributed by atoms with Gasteiger partial charge in [-0.3, -0.25) is 14.2 Å². The Morgan fingerprint density at radius 2 is 1.64 bits per heavy atom. The molecule has 1 atom stereocenters. The number of aromatic nitrogens is 1. The third-order valence-electron chi connectivity index (χ3n) is 7.94. The van der Waals surface area contributed by atoms with Gasteiger partial charge in [-0.1, -0.05) is 65.9 Å². The Morgan fingerprint density at radius 3 is 2.30 bits per heavy atom. The molecule has 4 aromatic rings. The first-order valence-corrected chi connectivity index (χ1v) is 16.7. The van der Waals surface area contributed by atoms with Gasteiger partial charge in [0.05, 0.1) is 34.6 Å². The summed E-state index contributed by atoms with van der Waals surface area (Å²) in [6.45, 7) is 7.40. The average Bonchev–Trinajstić information content (AvgIpc) is 3.73. The normalized spacial score (nSPS) is 16.2. The van der Waals surface area contributed by atoms with Gasteiger partial charge in [0.1, 0.15) is 11.5 Å². The summed E-state index contributed by atoms with van der Waals surface area (Å²) in [4.78, 5) is 47.4. The zero-order valence-electron chi connectivity index (χ0n) is 26.7. The third kappa shape index (κ3) is 7.07. The van der Waals surface area contributed by atoms with E-state index < -0.39 is 12.0 Å². The molecule has 3 aromatic carbocycles. The molecule has 10 heteroatoms. The largest absolute Gasteiger partial charge is 0.491 e. The minimum absolute atomic E-state index is 0.00348. The van der Waals surface area contributed by atoms with Crippen LogP contribution in [0.1, 0.15) is 56.3 Å². The van der Waals surface area contributed by atoms with Crippen molar-refractivity contribution in [2.24, 2.45) is 4.99 Å². The number of fused-ring (bicyclic) bond motifs is 1. The van der Waals surface area contributed by atoms with E-state index >= 15 is 0 Å². The van der Waals surface area contributed by atoms with Crippen LogP contribution in [0.15, 0.2) is 94.2 Å². The Bertz CT molecular complexity index is 1960. The van der Waals surface area contributed by atoms with Crippen LogP contribution in [0.25, 0.3) is 11.8 Å². The highest BCUT2D eigenvalue weighted by atomic mass is 32.1. The fourth-order valence-electron chi connectivity index (χ4n) is 5.77. The molecule has 2 aliphatic rings. The molecule has 0 aliphatic carbocycles. The summed E-state index contributed by atoms with van der Waals surface area (Å²) in [7, 11) is 0. The maximum absolute atomic E-state index is 14.2. The van der Waals surface area contributed by atoms with Gasteiger partial charge in [-0.2, -0.15) is 0 Å². The fraction of sp³-hybridized carbons (Fsp3) is 0.297. The van der Waals surface area contributed by atoms with Crippen LogP contribution in [-0.4, -0.2) is 53.8 Å². The van der Waals surface area contributed by atoms with E-state index in [0.717, 1.165) is 42.6 Å². The molecular formula is C37H37N3O6S. The molecule has 0 spiro atoms. The number of hydrogen-bond acceptors (Lipinski definition) is 8. The van der Waals surface area contributed by atoms with E-state index in [0.29, 0.717) is 32.1 Å². The van der Waals surface area contributed by atoms with Crippen LogP contribution in [0, 0.1) is 0 Å². The summed E-state index contributed by atoms with van der Waals surface area (Å²) >= 11 is 1.26. The van der Waals surface area contributed by atoms with Crippen molar-refractivity contribution < 1.29 is 23.8 Å². The van der Waals surface area contributed by atoms with Crippen LogP contribution < -0.4 is 24.4 Å². The first-order chi connectivity index (χ1) is 22.8. The molecule has 1 amide bonds. The number of thiazole rings is 1. The number of benzene rings is 3. The molecule has 0 bridgehead atoms. The van der Waals surface area contributed by atoms with E-state index in [4.69, 9.17) is 19.2 Å². The van der Waals surface area contributed by atoms with Crippen molar-refractivity contribution in [1.29, 1.82) is 0 Å². The molecule has 9 nitrogen and oxygen atoms in total. The summed E-state index contributed by atoms with van der Waals surface area (Å²) in [5.74, 6) is 0.721. The summed E-state index contributed by atoms with van der Waals surface area (Å²) in [5, 5.41) is 0. The fourth-order valence-corrected chi connectivity index (χ4v) is 6.77. The summed E-state index contributed by atoms with van der Waals surface area (Å²) in [6.07, 6.45) is 3.86.